The number of likely N-dealkylation sites (tertiary alicyclic amines) is 1. The van der Waals surface area contributed by atoms with E-state index in [4.69, 9.17) is 0 Å². The molecule has 1 unspecified atom stereocenters. The maximum absolute atomic E-state index is 12.0. The van der Waals surface area contributed by atoms with Gasteiger partial charge in [0.25, 0.3) is 0 Å². The molecule has 1 aromatic rings. The number of benzene rings is 1. The van der Waals surface area contributed by atoms with Crippen molar-refractivity contribution in [1.82, 2.24) is 10.2 Å². The van der Waals surface area contributed by atoms with E-state index in [-0.39, 0.29) is 12.5 Å². The second-order valence-electron chi connectivity index (χ2n) is 5.21. The number of carbonyl (C=O) groups excluding carboxylic acids is 1. The third kappa shape index (κ3) is 3.57. The molecule has 1 fully saturated rings. The first-order chi connectivity index (χ1) is 9.58. The first-order valence-corrected chi connectivity index (χ1v) is 6.89. The lowest BCUT2D eigenvalue weighted by Gasteiger charge is -2.22. The normalized spacial score (nSPS) is 20.6. The number of carboxylic acid groups (broad SMARTS) is 1. The van der Waals surface area contributed by atoms with E-state index in [0.29, 0.717) is 11.6 Å². The van der Waals surface area contributed by atoms with Gasteiger partial charge in [0.15, 0.2) is 6.04 Å². The van der Waals surface area contributed by atoms with Crippen LogP contribution in [0.4, 0.5) is 0 Å². The molecule has 1 aliphatic rings. The van der Waals surface area contributed by atoms with Crippen molar-refractivity contribution in [2.24, 2.45) is 0 Å². The SMILES string of the molecule is CC1CCCN1CC(=O)N[C@@H](C(=O)O)c1ccccc1. The van der Waals surface area contributed by atoms with E-state index < -0.39 is 12.0 Å². The van der Waals surface area contributed by atoms with Crippen molar-refractivity contribution in [3.63, 3.8) is 0 Å². The van der Waals surface area contributed by atoms with Crippen molar-refractivity contribution in [2.45, 2.75) is 31.8 Å². The molecule has 0 aromatic heterocycles. The van der Waals surface area contributed by atoms with Gasteiger partial charge in [-0.15, -0.1) is 0 Å². The fourth-order valence-electron chi connectivity index (χ4n) is 2.55. The lowest BCUT2D eigenvalue weighted by molar-refractivity contribution is -0.142. The van der Waals surface area contributed by atoms with Crippen LogP contribution < -0.4 is 5.32 Å². The Morgan fingerprint density at radius 1 is 1.40 bits per heavy atom. The van der Waals surface area contributed by atoms with Gasteiger partial charge >= 0.3 is 5.97 Å². The Kier molecular flexibility index (Phi) is 4.74. The molecule has 108 valence electrons. The molecule has 0 spiro atoms. The Labute approximate surface area is 118 Å². The van der Waals surface area contributed by atoms with Gasteiger partial charge in [0.1, 0.15) is 0 Å². The molecule has 1 amide bonds. The van der Waals surface area contributed by atoms with Crippen LogP contribution in [0.3, 0.4) is 0 Å². The largest absolute Gasteiger partial charge is 0.479 e. The number of aliphatic carboxylic acids is 1. The Morgan fingerprint density at radius 3 is 2.65 bits per heavy atom. The molecule has 1 saturated heterocycles. The van der Waals surface area contributed by atoms with Crippen molar-refractivity contribution in [2.75, 3.05) is 13.1 Å². The van der Waals surface area contributed by atoms with E-state index in [1.54, 1.807) is 24.3 Å². The summed E-state index contributed by atoms with van der Waals surface area (Å²) in [5, 5.41) is 11.9. The van der Waals surface area contributed by atoms with Crippen LogP contribution >= 0.6 is 0 Å². The van der Waals surface area contributed by atoms with Gasteiger partial charge in [-0.3, -0.25) is 9.69 Å². The summed E-state index contributed by atoms with van der Waals surface area (Å²) in [5.74, 6) is -1.28. The second kappa shape index (κ2) is 6.52. The summed E-state index contributed by atoms with van der Waals surface area (Å²) < 4.78 is 0. The first-order valence-electron chi connectivity index (χ1n) is 6.89. The number of nitrogens with one attached hydrogen (secondary N) is 1. The minimum atomic E-state index is -1.04. The van der Waals surface area contributed by atoms with Crippen LogP contribution in [-0.4, -0.2) is 41.0 Å². The Bertz CT molecular complexity index is 475. The molecule has 5 nitrogen and oxygen atoms in total. The third-order valence-corrected chi connectivity index (χ3v) is 3.72. The van der Waals surface area contributed by atoms with Gasteiger partial charge < -0.3 is 10.4 Å². The molecule has 2 rings (SSSR count). The zero-order valence-electron chi connectivity index (χ0n) is 11.6. The molecule has 20 heavy (non-hydrogen) atoms. The molecular weight excluding hydrogens is 256 g/mol. The maximum Gasteiger partial charge on any atom is 0.330 e. The van der Waals surface area contributed by atoms with Gasteiger partial charge in [0.05, 0.1) is 6.54 Å². The maximum atomic E-state index is 12.0. The lowest BCUT2D eigenvalue weighted by Crippen LogP contribution is -2.42. The number of hydrogen-bond acceptors (Lipinski definition) is 3. The van der Waals surface area contributed by atoms with Gasteiger partial charge in [0, 0.05) is 6.04 Å². The zero-order valence-corrected chi connectivity index (χ0v) is 11.6. The fourth-order valence-corrected chi connectivity index (χ4v) is 2.55. The summed E-state index contributed by atoms with van der Waals surface area (Å²) in [5.41, 5.74) is 0.586. The summed E-state index contributed by atoms with van der Waals surface area (Å²) in [4.78, 5) is 25.4. The first kappa shape index (κ1) is 14.5. The number of hydrogen-bond donors (Lipinski definition) is 2. The van der Waals surface area contributed by atoms with Crippen molar-refractivity contribution in [1.29, 1.82) is 0 Å². The van der Waals surface area contributed by atoms with E-state index in [9.17, 15) is 14.7 Å². The smallest absolute Gasteiger partial charge is 0.330 e. The molecule has 5 heteroatoms. The van der Waals surface area contributed by atoms with Crippen LogP contribution in [0.1, 0.15) is 31.4 Å². The highest BCUT2D eigenvalue weighted by atomic mass is 16.4. The Balaban J connectivity index is 1.98. The molecule has 0 radical (unpaired) electrons. The highest BCUT2D eigenvalue weighted by molar-refractivity contribution is 5.85. The summed E-state index contributed by atoms with van der Waals surface area (Å²) in [7, 11) is 0. The van der Waals surface area contributed by atoms with Crippen LogP contribution in [0.5, 0.6) is 0 Å². The van der Waals surface area contributed by atoms with Crippen molar-refractivity contribution in [3.8, 4) is 0 Å². The molecule has 0 aliphatic carbocycles. The van der Waals surface area contributed by atoms with E-state index in [1.807, 2.05) is 6.07 Å². The highest BCUT2D eigenvalue weighted by Gasteiger charge is 2.26. The van der Waals surface area contributed by atoms with Crippen LogP contribution in [0.15, 0.2) is 30.3 Å². The predicted molar refractivity (Wildman–Crippen MR) is 75.2 cm³/mol. The third-order valence-electron chi connectivity index (χ3n) is 3.72. The van der Waals surface area contributed by atoms with E-state index >= 15 is 0 Å². The number of rotatable bonds is 5. The van der Waals surface area contributed by atoms with Crippen LogP contribution in [0.2, 0.25) is 0 Å². The summed E-state index contributed by atoms with van der Waals surface area (Å²) >= 11 is 0. The lowest BCUT2D eigenvalue weighted by atomic mass is 10.1. The number of carboxylic acids is 1. The second-order valence-corrected chi connectivity index (χ2v) is 5.21. The average Bonchev–Trinajstić information content (AvgIpc) is 2.82. The van der Waals surface area contributed by atoms with Gasteiger partial charge in [0.2, 0.25) is 5.91 Å². The van der Waals surface area contributed by atoms with Crippen molar-refractivity contribution >= 4 is 11.9 Å². The molecule has 1 aromatic carbocycles. The van der Waals surface area contributed by atoms with E-state index in [1.165, 1.54) is 0 Å². The summed E-state index contributed by atoms with van der Waals surface area (Å²) in [6.45, 7) is 3.25. The number of carbonyl (C=O) groups is 2. The average molecular weight is 276 g/mol. The predicted octanol–water partition coefficient (Wildman–Crippen LogP) is 1.41. The number of nitrogens with zero attached hydrogens (tertiary/aromatic N) is 1. The summed E-state index contributed by atoms with van der Waals surface area (Å²) in [6.07, 6.45) is 2.18. The van der Waals surface area contributed by atoms with E-state index in [2.05, 4.69) is 17.1 Å². The van der Waals surface area contributed by atoms with Crippen molar-refractivity contribution < 1.29 is 14.7 Å². The standard InChI is InChI=1S/C15H20N2O3/c1-11-6-5-9-17(11)10-13(18)16-14(15(19)20)12-7-3-2-4-8-12/h2-4,7-8,11,14H,5-6,9-10H2,1H3,(H,16,18)(H,19,20)/t11?,14-/m1/s1. The van der Waals surface area contributed by atoms with Crippen LogP contribution in [-0.2, 0) is 9.59 Å². The molecule has 1 heterocycles. The topological polar surface area (TPSA) is 69.6 Å². The van der Waals surface area contributed by atoms with Crippen LogP contribution in [0, 0.1) is 0 Å². The summed E-state index contributed by atoms with van der Waals surface area (Å²) in [6, 6.07) is 8.16. The van der Waals surface area contributed by atoms with Gasteiger partial charge in [-0.1, -0.05) is 30.3 Å². The Morgan fingerprint density at radius 2 is 2.10 bits per heavy atom. The minimum absolute atomic E-state index is 0.241. The van der Waals surface area contributed by atoms with Gasteiger partial charge in [-0.25, -0.2) is 4.79 Å². The zero-order chi connectivity index (χ0) is 14.5. The number of amides is 1. The van der Waals surface area contributed by atoms with Gasteiger partial charge in [-0.2, -0.15) is 0 Å². The molecule has 0 bridgehead atoms. The Hall–Kier alpha value is -1.88. The molecule has 0 saturated carbocycles. The van der Waals surface area contributed by atoms with Crippen molar-refractivity contribution in [3.05, 3.63) is 35.9 Å². The van der Waals surface area contributed by atoms with Crippen LogP contribution in [0.25, 0.3) is 0 Å². The fraction of sp³-hybridized carbons (Fsp3) is 0.467. The van der Waals surface area contributed by atoms with Gasteiger partial charge in [-0.05, 0) is 31.9 Å². The molecule has 1 aliphatic heterocycles. The monoisotopic (exact) mass is 276 g/mol. The van der Waals surface area contributed by atoms with E-state index in [0.717, 1.165) is 19.4 Å². The quantitative estimate of drug-likeness (QED) is 0.853. The molecular formula is C15H20N2O3. The molecule has 2 N–H and O–H groups in total. The highest BCUT2D eigenvalue weighted by Crippen LogP contribution is 2.16. The molecule has 2 atom stereocenters. The minimum Gasteiger partial charge on any atom is -0.479 e.